The second-order valence-corrected chi connectivity index (χ2v) is 7.70. The molecule has 8 nitrogen and oxygen atoms in total. The maximum Gasteiger partial charge on any atom is 0.414 e. The van der Waals surface area contributed by atoms with Gasteiger partial charge in [-0.1, -0.05) is 28.1 Å². The van der Waals surface area contributed by atoms with Gasteiger partial charge in [0.1, 0.15) is 11.5 Å². The van der Waals surface area contributed by atoms with Gasteiger partial charge in [-0.3, -0.25) is 9.80 Å². The van der Waals surface area contributed by atoms with Crippen LogP contribution in [0, 0.1) is 0 Å². The first-order valence-corrected chi connectivity index (χ1v) is 10.1. The van der Waals surface area contributed by atoms with Crippen LogP contribution in [0.25, 0.3) is 0 Å². The molecule has 3 rings (SSSR count). The smallest absolute Gasteiger partial charge is 0.414 e. The highest BCUT2D eigenvalue weighted by molar-refractivity contribution is 9.10. The summed E-state index contributed by atoms with van der Waals surface area (Å²) in [6.45, 7) is 5.83. The quantitative estimate of drug-likeness (QED) is 0.560. The number of phenols is 1. The summed E-state index contributed by atoms with van der Waals surface area (Å²) >= 11 is 3.47. The molecule has 1 aliphatic heterocycles. The van der Waals surface area contributed by atoms with Crippen LogP contribution in [0.15, 0.2) is 46.9 Å². The molecule has 2 aromatic rings. The van der Waals surface area contributed by atoms with Crippen LogP contribution < -0.4 is 4.74 Å². The average Bonchev–Trinajstić information content (AvgIpc) is 2.72. The van der Waals surface area contributed by atoms with E-state index in [1.54, 1.807) is 13.2 Å². The van der Waals surface area contributed by atoms with Crippen LogP contribution in [-0.2, 0) is 22.7 Å². The van der Waals surface area contributed by atoms with Crippen LogP contribution in [0.1, 0.15) is 11.1 Å². The molecule has 0 amide bonds. The lowest BCUT2D eigenvalue weighted by molar-refractivity contribution is -0.159. The van der Waals surface area contributed by atoms with E-state index in [0.717, 1.165) is 55.1 Å². The number of hydrogen-bond donors (Lipinski definition) is 3. The lowest BCUT2D eigenvalue weighted by Crippen LogP contribution is -2.45. The average molecular weight is 481 g/mol. The van der Waals surface area contributed by atoms with Crippen LogP contribution in [0.5, 0.6) is 11.5 Å². The highest BCUT2D eigenvalue weighted by Gasteiger charge is 2.18. The Kier molecular flexibility index (Phi) is 9.10. The van der Waals surface area contributed by atoms with Gasteiger partial charge in [0.05, 0.1) is 7.11 Å². The minimum absolute atomic E-state index is 0.372. The first-order chi connectivity index (χ1) is 14.3. The van der Waals surface area contributed by atoms with Crippen LogP contribution in [0.4, 0.5) is 0 Å². The van der Waals surface area contributed by atoms with E-state index in [0.29, 0.717) is 5.75 Å². The van der Waals surface area contributed by atoms with Gasteiger partial charge in [-0.15, -0.1) is 0 Å². The van der Waals surface area contributed by atoms with Crippen LogP contribution in [-0.4, -0.2) is 70.3 Å². The molecule has 0 bridgehead atoms. The molecular weight excluding hydrogens is 456 g/mol. The number of halogens is 1. The van der Waals surface area contributed by atoms with Crippen molar-refractivity contribution in [3.8, 4) is 11.5 Å². The highest BCUT2D eigenvalue weighted by Crippen LogP contribution is 2.24. The fourth-order valence-electron chi connectivity index (χ4n) is 3.06. The highest BCUT2D eigenvalue weighted by atomic mass is 79.9. The molecule has 0 unspecified atom stereocenters. The van der Waals surface area contributed by atoms with Gasteiger partial charge in [-0.05, 0) is 35.9 Å². The molecule has 2 aromatic carbocycles. The number of carbonyl (C=O) groups is 2. The Bertz CT molecular complexity index is 856. The van der Waals surface area contributed by atoms with Crippen molar-refractivity contribution in [3.63, 3.8) is 0 Å². The Balaban J connectivity index is 0.000000469. The standard InChI is InChI=1S/C19H23BrN2O2.C2H2O4/c1-24-18-4-2-3-15(11-18)13-21-7-9-22(10-8-21)14-16-12-17(20)5-6-19(16)23;3-1(4)2(5)6/h2-6,11-12,23H,7-10,13-14H2,1H3;(H,3,4)(H,5,6). The normalized spacial score (nSPS) is 14.5. The molecule has 1 fully saturated rings. The largest absolute Gasteiger partial charge is 0.508 e. The van der Waals surface area contributed by atoms with Gasteiger partial charge in [0.2, 0.25) is 0 Å². The van der Waals surface area contributed by atoms with Crippen LogP contribution in [0.3, 0.4) is 0 Å². The number of methoxy groups -OCH3 is 1. The van der Waals surface area contributed by atoms with Gasteiger partial charge in [0.25, 0.3) is 0 Å². The summed E-state index contributed by atoms with van der Waals surface area (Å²) in [5.41, 5.74) is 2.26. The molecule has 0 saturated carbocycles. The number of carboxylic acids is 2. The Morgan fingerprint density at radius 1 is 0.967 bits per heavy atom. The second-order valence-electron chi connectivity index (χ2n) is 6.79. The summed E-state index contributed by atoms with van der Waals surface area (Å²) in [4.78, 5) is 23.1. The van der Waals surface area contributed by atoms with E-state index < -0.39 is 11.9 Å². The summed E-state index contributed by atoms with van der Waals surface area (Å²) in [5, 5.41) is 24.8. The zero-order chi connectivity index (χ0) is 22.1. The maximum absolute atomic E-state index is 9.99. The van der Waals surface area contributed by atoms with Gasteiger partial charge >= 0.3 is 11.9 Å². The Labute approximate surface area is 183 Å². The number of ether oxygens (including phenoxy) is 1. The Hall–Kier alpha value is -2.62. The van der Waals surface area contributed by atoms with E-state index in [1.807, 2.05) is 24.3 Å². The predicted octanol–water partition coefficient (Wildman–Crippen LogP) is 2.64. The molecule has 1 saturated heterocycles. The number of aliphatic carboxylic acids is 2. The number of nitrogens with zero attached hydrogens (tertiary/aromatic N) is 2. The van der Waals surface area contributed by atoms with Crippen LogP contribution in [0.2, 0.25) is 0 Å². The molecular formula is C21H25BrN2O6. The third kappa shape index (κ3) is 7.66. The monoisotopic (exact) mass is 480 g/mol. The van der Waals surface area contributed by atoms with Crippen LogP contribution >= 0.6 is 15.9 Å². The summed E-state index contributed by atoms with van der Waals surface area (Å²) in [7, 11) is 1.70. The third-order valence-electron chi connectivity index (χ3n) is 4.62. The molecule has 0 aromatic heterocycles. The number of phenolic OH excluding ortho intramolecular Hbond substituents is 1. The first-order valence-electron chi connectivity index (χ1n) is 9.29. The summed E-state index contributed by atoms with van der Waals surface area (Å²) < 4.78 is 6.30. The van der Waals surface area contributed by atoms with E-state index in [4.69, 9.17) is 24.5 Å². The van der Waals surface area contributed by atoms with Crippen molar-refractivity contribution in [1.29, 1.82) is 0 Å². The minimum Gasteiger partial charge on any atom is -0.508 e. The van der Waals surface area contributed by atoms with E-state index in [2.05, 4.69) is 37.9 Å². The molecule has 3 N–H and O–H groups in total. The molecule has 0 atom stereocenters. The van der Waals surface area contributed by atoms with Crippen molar-refractivity contribution in [2.45, 2.75) is 13.1 Å². The summed E-state index contributed by atoms with van der Waals surface area (Å²) in [5.74, 6) is -2.36. The molecule has 9 heteroatoms. The fraction of sp³-hybridized carbons (Fsp3) is 0.333. The lowest BCUT2D eigenvalue weighted by Gasteiger charge is -2.34. The molecule has 0 radical (unpaired) electrons. The summed E-state index contributed by atoms with van der Waals surface area (Å²) in [6, 6.07) is 13.9. The second kappa shape index (κ2) is 11.5. The Morgan fingerprint density at radius 3 is 2.13 bits per heavy atom. The van der Waals surface area contributed by atoms with Gasteiger partial charge in [0.15, 0.2) is 0 Å². The van der Waals surface area contributed by atoms with Crippen molar-refractivity contribution < 1.29 is 29.6 Å². The number of benzene rings is 2. The van der Waals surface area contributed by atoms with Crippen molar-refractivity contribution in [2.75, 3.05) is 33.3 Å². The number of piperazine rings is 1. The van der Waals surface area contributed by atoms with E-state index in [1.165, 1.54) is 5.56 Å². The van der Waals surface area contributed by atoms with Crippen molar-refractivity contribution in [3.05, 3.63) is 58.1 Å². The van der Waals surface area contributed by atoms with Gasteiger partial charge in [0, 0.05) is 49.3 Å². The Morgan fingerprint density at radius 2 is 1.57 bits per heavy atom. The number of carboxylic acid groups (broad SMARTS) is 2. The summed E-state index contributed by atoms with van der Waals surface area (Å²) in [6.07, 6.45) is 0. The van der Waals surface area contributed by atoms with Crippen molar-refractivity contribution in [2.24, 2.45) is 0 Å². The van der Waals surface area contributed by atoms with Crippen molar-refractivity contribution >= 4 is 27.9 Å². The van der Waals surface area contributed by atoms with E-state index in [9.17, 15) is 5.11 Å². The third-order valence-corrected chi connectivity index (χ3v) is 5.12. The lowest BCUT2D eigenvalue weighted by atomic mass is 10.1. The number of rotatable bonds is 5. The van der Waals surface area contributed by atoms with E-state index >= 15 is 0 Å². The fourth-order valence-corrected chi connectivity index (χ4v) is 3.46. The SMILES string of the molecule is COc1cccc(CN2CCN(Cc3cc(Br)ccc3O)CC2)c1.O=C(O)C(=O)O. The molecule has 30 heavy (non-hydrogen) atoms. The topological polar surface area (TPSA) is 111 Å². The van der Waals surface area contributed by atoms with Gasteiger partial charge in [-0.2, -0.15) is 0 Å². The molecule has 162 valence electrons. The molecule has 0 spiro atoms. The molecule has 1 heterocycles. The molecule has 0 aliphatic carbocycles. The molecule has 1 aliphatic rings. The minimum atomic E-state index is -1.82. The van der Waals surface area contributed by atoms with Gasteiger partial charge in [-0.25, -0.2) is 9.59 Å². The van der Waals surface area contributed by atoms with E-state index in [-0.39, 0.29) is 0 Å². The maximum atomic E-state index is 9.99. The first kappa shape index (κ1) is 23.7. The zero-order valence-corrected chi connectivity index (χ0v) is 18.2. The number of hydrogen-bond acceptors (Lipinski definition) is 6. The predicted molar refractivity (Wildman–Crippen MR) is 115 cm³/mol. The number of aromatic hydroxyl groups is 1. The van der Waals surface area contributed by atoms with Gasteiger partial charge < -0.3 is 20.1 Å². The zero-order valence-electron chi connectivity index (χ0n) is 16.6. The van der Waals surface area contributed by atoms with Crippen molar-refractivity contribution in [1.82, 2.24) is 9.80 Å².